The Morgan fingerprint density at radius 1 is 1.36 bits per heavy atom. The number of carbonyl (C=O) groups is 1. The molecule has 0 saturated heterocycles. The Kier molecular flexibility index (Phi) is 5.79. The summed E-state index contributed by atoms with van der Waals surface area (Å²) in [7, 11) is 0. The first-order valence-electron chi connectivity index (χ1n) is 6.98. The van der Waals surface area contributed by atoms with Crippen molar-refractivity contribution in [1.82, 2.24) is 9.97 Å². The fourth-order valence-electron chi connectivity index (χ4n) is 1.86. The van der Waals surface area contributed by atoms with Crippen molar-refractivity contribution in [3.63, 3.8) is 0 Å². The third-order valence-electron chi connectivity index (χ3n) is 3.06. The number of rotatable bonds is 4. The molecule has 1 aromatic heterocycles. The van der Waals surface area contributed by atoms with Gasteiger partial charge in [0, 0.05) is 11.8 Å². The fourth-order valence-corrected chi connectivity index (χ4v) is 2.88. The van der Waals surface area contributed by atoms with Crippen molar-refractivity contribution in [2.24, 2.45) is 0 Å². The van der Waals surface area contributed by atoms with Gasteiger partial charge in [-0.25, -0.2) is 4.98 Å². The zero-order valence-corrected chi connectivity index (χ0v) is 14.6. The molecule has 0 radical (unpaired) electrons. The first-order chi connectivity index (χ1) is 11.6. The minimum atomic E-state index is -4.55. The van der Waals surface area contributed by atoms with Crippen molar-refractivity contribution in [3.05, 3.63) is 50.9 Å². The highest BCUT2D eigenvalue weighted by molar-refractivity contribution is 8.00. The van der Waals surface area contributed by atoms with Crippen LogP contribution in [0.2, 0.25) is 5.02 Å². The molecule has 0 saturated carbocycles. The second kappa shape index (κ2) is 7.49. The molecule has 2 rings (SSSR count). The number of nitrogens with one attached hydrogen (secondary N) is 2. The second-order valence-corrected chi connectivity index (χ2v) is 6.87. The van der Waals surface area contributed by atoms with E-state index in [0.29, 0.717) is 5.69 Å². The van der Waals surface area contributed by atoms with Gasteiger partial charge in [-0.2, -0.15) is 13.2 Å². The number of anilines is 1. The molecule has 2 N–H and O–H groups in total. The number of hydrogen-bond donors (Lipinski definition) is 2. The van der Waals surface area contributed by atoms with Gasteiger partial charge in [-0.1, -0.05) is 23.4 Å². The number of hydrogen-bond acceptors (Lipinski definition) is 4. The zero-order chi connectivity index (χ0) is 18.8. The quantitative estimate of drug-likeness (QED) is 0.613. The third-order valence-corrected chi connectivity index (χ3v) is 4.37. The second-order valence-electron chi connectivity index (χ2n) is 5.13. The van der Waals surface area contributed by atoms with Gasteiger partial charge in [0.05, 0.1) is 21.5 Å². The first-order valence-corrected chi connectivity index (χ1v) is 8.24. The maximum Gasteiger partial charge on any atom is 0.416 e. The van der Waals surface area contributed by atoms with Crippen LogP contribution in [-0.4, -0.2) is 21.1 Å². The molecule has 2 aromatic rings. The Hall–Kier alpha value is -2.00. The van der Waals surface area contributed by atoms with Crippen molar-refractivity contribution < 1.29 is 18.0 Å². The molecule has 0 aliphatic rings. The van der Waals surface area contributed by atoms with E-state index in [2.05, 4.69) is 15.3 Å². The Morgan fingerprint density at radius 3 is 2.64 bits per heavy atom. The molecule has 0 bridgehead atoms. The summed E-state index contributed by atoms with van der Waals surface area (Å²) in [5, 5.41) is 1.86. The summed E-state index contributed by atoms with van der Waals surface area (Å²) < 4.78 is 38.3. The number of aromatic nitrogens is 2. The summed E-state index contributed by atoms with van der Waals surface area (Å²) in [4.78, 5) is 30.2. The minimum absolute atomic E-state index is 0.0133. The van der Waals surface area contributed by atoms with E-state index in [4.69, 9.17) is 11.6 Å². The Morgan fingerprint density at radius 2 is 2.04 bits per heavy atom. The molecule has 0 aliphatic carbocycles. The molecule has 1 aromatic carbocycles. The van der Waals surface area contributed by atoms with Crippen LogP contribution < -0.4 is 10.9 Å². The van der Waals surface area contributed by atoms with E-state index in [1.54, 1.807) is 6.92 Å². The van der Waals surface area contributed by atoms with Gasteiger partial charge in [-0.05, 0) is 32.0 Å². The highest BCUT2D eigenvalue weighted by Crippen LogP contribution is 2.34. The van der Waals surface area contributed by atoms with Gasteiger partial charge in [0.25, 0.3) is 5.56 Å². The molecule has 0 aliphatic heterocycles. The number of benzene rings is 1. The Balaban J connectivity index is 2.14. The number of nitrogens with zero attached hydrogens (tertiary/aromatic N) is 1. The lowest BCUT2D eigenvalue weighted by Crippen LogP contribution is -2.23. The van der Waals surface area contributed by atoms with Crippen LogP contribution in [0, 0.1) is 6.92 Å². The predicted molar refractivity (Wildman–Crippen MR) is 90.0 cm³/mol. The molecule has 1 atom stereocenters. The van der Waals surface area contributed by atoms with Crippen LogP contribution >= 0.6 is 23.4 Å². The number of alkyl halides is 3. The number of aryl methyl sites for hydroxylation is 1. The molecule has 1 heterocycles. The Labute approximate surface area is 150 Å². The number of aromatic amines is 1. The van der Waals surface area contributed by atoms with Crippen molar-refractivity contribution in [3.8, 4) is 0 Å². The topological polar surface area (TPSA) is 74.8 Å². The molecule has 25 heavy (non-hydrogen) atoms. The van der Waals surface area contributed by atoms with Crippen LogP contribution in [0.15, 0.2) is 34.2 Å². The summed E-state index contributed by atoms with van der Waals surface area (Å²) in [5.41, 5.74) is -0.930. The third kappa shape index (κ3) is 5.23. The molecule has 0 fully saturated rings. The highest BCUT2D eigenvalue weighted by Gasteiger charge is 2.31. The zero-order valence-electron chi connectivity index (χ0n) is 13.1. The van der Waals surface area contributed by atoms with E-state index >= 15 is 0 Å². The number of thioether (sulfide) groups is 1. The smallest absolute Gasteiger partial charge is 0.324 e. The van der Waals surface area contributed by atoms with Gasteiger partial charge in [0.1, 0.15) is 0 Å². The molecular weight excluding hydrogens is 379 g/mol. The number of amides is 1. The summed E-state index contributed by atoms with van der Waals surface area (Å²) >= 11 is 6.82. The standard InChI is InChI=1S/C15H13ClF3N3O2S/c1-7-5-12(23)22-14(20-7)25-8(2)13(24)21-11-6-9(15(17,18)19)3-4-10(11)16/h3-6,8H,1-2H3,(H,21,24)(H,20,22,23). The predicted octanol–water partition coefficient (Wildman–Crippen LogP) is 3.87. The first kappa shape index (κ1) is 19.3. The van der Waals surface area contributed by atoms with Crippen LogP contribution in [-0.2, 0) is 11.0 Å². The van der Waals surface area contributed by atoms with Gasteiger partial charge < -0.3 is 10.3 Å². The summed E-state index contributed by atoms with van der Waals surface area (Å²) in [6.45, 7) is 3.16. The monoisotopic (exact) mass is 391 g/mol. The molecule has 10 heteroatoms. The molecule has 134 valence electrons. The lowest BCUT2D eigenvalue weighted by atomic mass is 10.2. The van der Waals surface area contributed by atoms with Crippen molar-refractivity contribution in [2.45, 2.75) is 30.4 Å². The van der Waals surface area contributed by atoms with E-state index in [1.807, 2.05) is 0 Å². The average molecular weight is 392 g/mol. The number of H-pyrrole nitrogens is 1. The summed E-state index contributed by atoms with van der Waals surface area (Å²) in [5.74, 6) is -0.574. The van der Waals surface area contributed by atoms with E-state index in [9.17, 15) is 22.8 Å². The normalized spacial score (nSPS) is 12.7. The molecule has 1 amide bonds. The molecule has 0 spiro atoms. The summed E-state index contributed by atoms with van der Waals surface area (Å²) in [6.07, 6.45) is -4.55. The van der Waals surface area contributed by atoms with Gasteiger partial charge in [0.15, 0.2) is 5.16 Å². The van der Waals surface area contributed by atoms with Crippen LogP contribution in [0.5, 0.6) is 0 Å². The minimum Gasteiger partial charge on any atom is -0.324 e. The maximum absolute atomic E-state index is 12.8. The van der Waals surface area contributed by atoms with Crippen molar-refractivity contribution >= 4 is 35.0 Å². The van der Waals surface area contributed by atoms with Gasteiger partial charge in [-0.15, -0.1) is 0 Å². The van der Waals surface area contributed by atoms with Gasteiger partial charge >= 0.3 is 6.18 Å². The van der Waals surface area contributed by atoms with Crippen LogP contribution in [0.3, 0.4) is 0 Å². The van der Waals surface area contributed by atoms with Crippen molar-refractivity contribution in [1.29, 1.82) is 0 Å². The van der Waals surface area contributed by atoms with Crippen LogP contribution in [0.1, 0.15) is 18.2 Å². The lowest BCUT2D eigenvalue weighted by Gasteiger charge is -2.14. The average Bonchev–Trinajstić information content (AvgIpc) is 2.47. The summed E-state index contributed by atoms with van der Waals surface area (Å²) in [6, 6.07) is 3.97. The van der Waals surface area contributed by atoms with Gasteiger partial charge in [0.2, 0.25) is 5.91 Å². The van der Waals surface area contributed by atoms with Crippen LogP contribution in [0.4, 0.5) is 18.9 Å². The highest BCUT2D eigenvalue weighted by atomic mass is 35.5. The molecular formula is C15H13ClF3N3O2S. The SMILES string of the molecule is Cc1cc(=O)[nH]c(SC(C)C(=O)Nc2cc(C(F)(F)F)ccc2Cl)n1. The molecule has 1 unspecified atom stereocenters. The van der Waals surface area contributed by atoms with E-state index in [-0.39, 0.29) is 21.4 Å². The van der Waals surface area contributed by atoms with Gasteiger partial charge in [-0.3, -0.25) is 9.59 Å². The van der Waals surface area contributed by atoms with E-state index in [0.717, 1.165) is 30.0 Å². The molecule has 5 nitrogen and oxygen atoms in total. The number of halogens is 4. The Bertz CT molecular complexity index is 855. The maximum atomic E-state index is 12.8. The van der Waals surface area contributed by atoms with E-state index < -0.39 is 22.9 Å². The lowest BCUT2D eigenvalue weighted by molar-refractivity contribution is -0.137. The van der Waals surface area contributed by atoms with Crippen LogP contribution in [0.25, 0.3) is 0 Å². The largest absolute Gasteiger partial charge is 0.416 e. The number of carbonyl (C=O) groups excluding carboxylic acids is 1. The fraction of sp³-hybridized carbons (Fsp3) is 0.267. The van der Waals surface area contributed by atoms with Crippen molar-refractivity contribution in [2.75, 3.05) is 5.32 Å². The van der Waals surface area contributed by atoms with E-state index in [1.165, 1.54) is 13.0 Å².